The van der Waals surface area contributed by atoms with Gasteiger partial charge in [-0.3, -0.25) is 4.18 Å². The van der Waals surface area contributed by atoms with Gasteiger partial charge >= 0.3 is 10.3 Å². The van der Waals surface area contributed by atoms with Crippen LogP contribution in [0.15, 0.2) is 0 Å². The third kappa shape index (κ3) is 1.66. The molecular weight excluding hydrogens is 158 g/mol. The molecule has 1 aliphatic rings. The highest BCUT2D eigenvalue weighted by Gasteiger charge is 2.28. The molecule has 0 bridgehead atoms. The zero-order valence-electron chi connectivity index (χ0n) is 5.44. The molecule has 2 atom stereocenters. The van der Waals surface area contributed by atoms with Crippen LogP contribution in [0.1, 0.15) is 6.92 Å². The van der Waals surface area contributed by atoms with Crippen LogP contribution < -0.4 is 4.72 Å². The average Bonchev–Trinajstić information content (AvgIpc) is 1.79. The van der Waals surface area contributed by atoms with Crippen LogP contribution in [0.4, 0.5) is 0 Å². The minimum absolute atomic E-state index is 0.156. The van der Waals surface area contributed by atoms with E-state index in [-0.39, 0.29) is 6.61 Å². The fraction of sp³-hybridized carbons (Fsp3) is 1.00. The summed E-state index contributed by atoms with van der Waals surface area (Å²) in [5, 5.41) is 8.96. The molecular formula is C4H9NO4S. The van der Waals surface area contributed by atoms with Gasteiger partial charge in [-0.1, -0.05) is 0 Å². The Balaban J connectivity index is 2.66. The fourth-order valence-corrected chi connectivity index (χ4v) is 1.64. The number of hydrogen-bond acceptors (Lipinski definition) is 4. The highest BCUT2D eigenvalue weighted by atomic mass is 32.2. The molecule has 0 aromatic carbocycles. The molecule has 0 amide bonds. The first-order chi connectivity index (χ1) is 4.51. The number of aliphatic hydroxyl groups excluding tert-OH is 1. The van der Waals surface area contributed by atoms with Gasteiger partial charge in [-0.25, -0.2) is 0 Å². The minimum atomic E-state index is -3.57. The van der Waals surface area contributed by atoms with Crippen LogP contribution in [0.3, 0.4) is 0 Å². The Bertz CT molecular complexity index is 211. The van der Waals surface area contributed by atoms with Gasteiger partial charge in [0.05, 0.1) is 12.7 Å². The van der Waals surface area contributed by atoms with E-state index in [0.717, 1.165) is 0 Å². The van der Waals surface area contributed by atoms with Crippen molar-refractivity contribution in [2.75, 3.05) is 6.61 Å². The van der Waals surface area contributed by atoms with E-state index in [1.54, 1.807) is 6.92 Å². The highest BCUT2D eigenvalue weighted by molar-refractivity contribution is 7.84. The molecule has 1 rings (SSSR count). The van der Waals surface area contributed by atoms with Gasteiger partial charge in [0.25, 0.3) is 0 Å². The number of hydrogen-bond donors (Lipinski definition) is 2. The Morgan fingerprint density at radius 3 is 2.70 bits per heavy atom. The molecule has 0 spiro atoms. The molecule has 2 N–H and O–H groups in total. The Morgan fingerprint density at radius 1 is 1.70 bits per heavy atom. The predicted octanol–water partition coefficient (Wildman–Crippen LogP) is -1.40. The molecule has 5 nitrogen and oxygen atoms in total. The summed E-state index contributed by atoms with van der Waals surface area (Å²) < 4.78 is 27.5. The molecule has 0 saturated carbocycles. The van der Waals surface area contributed by atoms with Crippen LogP contribution in [0.25, 0.3) is 0 Å². The van der Waals surface area contributed by atoms with Gasteiger partial charge in [-0.15, -0.1) is 0 Å². The molecule has 1 heterocycles. The van der Waals surface area contributed by atoms with Crippen molar-refractivity contribution < 1.29 is 17.7 Å². The van der Waals surface area contributed by atoms with Gasteiger partial charge in [-0.05, 0) is 6.92 Å². The molecule has 10 heavy (non-hydrogen) atoms. The standard InChI is InChI=1S/C4H9NO4S/c1-3-4(6)2-9-10(7,8)5-3/h3-6H,2H2,1H3/t3-,4+/m1/s1. The summed E-state index contributed by atoms with van der Waals surface area (Å²) in [6.45, 7) is 1.42. The molecule has 0 aromatic heterocycles. The first-order valence-corrected chi connectivity index (χ1v) is 4.27. The van der Waals surface area contributed by atoms with Crippen molar-refractivity contribution in [3.63, 3.8) is 0 Å². The maximum atomic E-state index is 10.6. The highest BCUT2D eigenvalue weighted by Crippen LogP contribution is 2.05. The lowest BCUT2D eigenvalue weighted by atomic mass is 10.2. The molecule has 0 radical (unpaired) electrons. The minimum Gasteiger partial charge on any atom is -0.389 e. The lowest BCUT2D eigenvalue weighted by Crippen LogP contribution is -2.49. The summed E-state index contributed by atoms with van der Waals surface area (Å²) >= 11 is 0. The van der Waals surface area contributed by atoms with E-state index in [9.17, 15) is 8.42 Å². The normalized spacial score (nSPS) is 39.4. The first-order valence-electron chi connectivity index (χ1n) is 2.86. The second kappa shape index (κ2) is 2.46. The summed E-state index contributed by atoms with van der Waals surface area (Å²) in [4.78, 5) is 0. The largest absolute Gasteiger partial charge is 0.389 e. The summed E-state index contributed by atoms with van der Waals surface area (Å²) in [5.74, 6) is 0. The quantitative estimate of drug-likeness (QED) is 0.465. The lowest BCUT2D eigenvalue weighted by Gasteiger charge is -2.24. The maximum absolute atomic E-state index is 10.6. The van der Waals surface area contributed by atoms with Gasteiger partial charge in [0.2, 0.25) is 0 Å². The Hall–Kier alpha value is -0.170. The van der Waals surface area contributed by atoms with E-state index >= 15 is 0 Å². The van der Waals surface area contributed by atoms with Crippen molar-refractivity contribution in [2.24, 2.45) is 0 Å². The first kappa shape index (κ1) is 7.93. The summed E-state index contributed by atoms with van der Waals surface area (Å²) in [7, 11) is -3.57. The van der Waals surface area contributed by atoms with Crippen molar-refractivity contribution in [1.82, 2.24) is 4.72 Å². The van der Waals surface area contributed by atoms with Gasteiger partial charge in [0, 0.05) is 6.04 Å². The molecule has 0 aliphatic carbocycles. The van der Waals surface area contributed by atoms with Gasteiger partial charge in [-0.2, -0.15) is 13.1 Å². The van der Waals surface area contributed by atoms with Crippen LogP contribution in [-0.4, -0.2) is 32.3 Å². The maximum Gasteiger partial charge on any atom is 0.336 e. The van der Waals surface area contributed by atoms with Crippen molar-refractivity contribution >= 4 is 10.3 Å². The van der Waals surface area contributed by atoms with Crippen LogP contribution >= 0.6 is 0 Å². The molecule has 60 valence electrons. The van der Waals surface area contributed by atoms with E-state index in [1.165, 1.54) is 0 Å². The summed E-state index contributed by atoms with van der Waals surface area (Å²) in [6.07, 6.45) is -0.747. The van der Waals surface area contributed by atoms with E-state index in [1.807, 2.05) is 0 Å². The van der Waals surface area contributed by atoms with Gasteiger partial charge in [0.1, 0.15) is 0 Å². The van der Waals surface area contributed by atoms with Crippen molar-refractivity contribution in [3.8, 4) is 0 Å². The van der Waals surface area contributed by atoms with Crippen LogP contribution in [0.5, 0.6) is 0 Å². The van der Waals surface area contributed by atoms with Crippen molar-refractivity contribution in [3.05, 3.63) is 0 Å². The van der Waals surface area contributed by atoms with Crippen molar-refractivity contribution in [1.29, 1.82) is 0 Å². The van der Waals surface area contributed by atoms with Crippen molar-refractivity contribution in [2.45, 2.75) is 19.1 Å². The predicted molar refractivity (Wildman–Crippen MR) is 33.5 cm³/mol. The molecule has 1 fully saturated rings. The zero-order chi connectivity index (χ0) is 7.78. The smallest absolute Gasteiger partial charge is 0.336 e. The van der Waals surface area contributed by atoms with E-state index in [2.05, 4.69) is 8.91 Å². The molecule has 0 unspecified atom stereocenters. The number of rotatable bonds is 0. The van der Waals surface area contributed by atoms with Crippen LogP contribution in [0, 0.1) is 0 Å². The molecule has 0 aromatic rings. The summed E-state index contributed by atoms with van der Waals surface area (Å²) in [5.41, 5.74) is 0. The molecule has 6 heteroatoms. The Kier molecular flexibility index (Phi) is 1.95. The Labute approximate surface area is 59.3 Å². The van der Waals surface area contributed by atoms with Crippen LogP contribution in [0.2, 0.25) is 0 Å². The SMILES string of the molecule is C[C@H]1NS(=O)(=O)OC[C@@H]1O. The third-order valence-electron chi connectivity index (χ3n) is 1.30. The monoisotopic (exact) mass is 167 g/mol. The second-order valence-corrected chi connectivity index (χ2v) is 3.59. The number of nitrogens with one attached hydrogen (secondary N) is 1. The Morgan fingerprint density at radius 2 is 2.30 bits per heavy atom. The second-order valence-electron chi connectivity index (χ2n) is 2.21. The lowest BCUT2D eigenvalue weighted by molar-refractivity contribution is 0.0684. The molecule has 1 aliphatic heterocycles. The van der Waals surface area contributed by atoms with Gasteiger partial charge in [0.15, 0.2) is 0 Å². The third-order valence-corrected chi connectivity index (χ3v) is 2.41. The summed E-state index contributed by atoms with van der Waals surface area (Å²) in [6, 6.07) is -0.459. The fourth-order valence-electron chi connectivity index (χ4n) is 0.644. The van der Waals surface area contributed by atoms with E-state index < -0.39 is 22.4 Å². The number of aliphatic hydroxyl groups is 1. The topological polar surface area (TPSA) is 75.6 Å². The van der Waals surface area contributed by atoms with E-state index in [4.69, 9.17) is 5.11 Å². The van der Waals surface area contributed by atoms with Gasteiger partial charge < -0.3 is 5.11 Å². The zero-order valence-corrected chi connectivity index (χ0v) is 6.26. The average molecular weight is 167 g/mol. The van der Waals surface area contributed by atoms with E-state index in [0.29, 0.717) is 0 Å². The molecule has 1 saturated heterocycles. The van der Waals surface area contributed by atoms with Crippen LogP contribution in [-0.2, 0) is 14.5 Å².